The Kier molecular flexibility index (Phi) is 3.97. The number of anilines is 1. The third-order valence-electron chi connectivity index (χ3n) is 3.70. The number of hydrogen-bond donors (Lipinski definition) is 1. The molecule has 3 heteroatoms. The fraction of sp³-hybridized carbons (Fsp3) is 0.294. The van der Waals surface area contributed by atoms with Gasteiger partial charge >= 0.3 is 0 Å². The van der Waals surface area contributed by atoms with Crippen molar-refractivity contribution >= 4 is 21.6 Å². The maximum absolute atomic E-state index is 5.55. The summed E-state index contributed by atoms with van der Waals surface area (Å²) in [7, 11) is 0. The summed E-state index contributed by atoms with van der Waals surface area (Å²) in [5.41, 5.74) is 3.96. The van der Waals surface area contributed by atoms with Crippen LogP contribution in [0.3, 0.4) is 0 Å². The summed E-state index contributed by atoms with van der Waals surface area (Å²) in [5.74, 6) is 0.921. The minimum atomic E-state index is 0.388. The molecule has 2 aromatic carbocycles. The van der Waals surface area contributed by atoms with Gasteiger partial charge in [-0.2, -0.15) is 0 Å². The van der Waals surface area contributed by atoms with Crippen molar-refractivity contribution in [2.75, 3.05) is 11.9 Å². The van der Waals surface area contributed by atoms with Crippen LogP contribution < -0.4 is 10.1 Å². The van der Waals surface area contributed by atoms with E-state index >= 15 is 0 Å². The summed E-state index contributed by atoms with van der Waals surface area (Å²) in [5, 5.41) is 3.62. The second kappa shape index (κ2) is 5.88. The number of hydrogen-bond acceptors (Lipinski definition) is 2. The van der Waals surface area contributed by atoms with E-state index in [1.807, 2.05) is 19.1 Å². The number of ether oxygens (including phenoxy) is 1. The Morgan fingerprint density at radius 3 is 2.95 bits per heavy atom. The van der Waals surface area contributed by atoms with Gasteiger partial charge in [0.05, 0.1) is 12.6 Å². The van der Waals surface area contributed by atoms with E-state index in [-0.39, 0.29) is 0 Å². The zero-order valence-corrected chi connectivity index (χ0v) is 13.1. The van der Waals surface area contributed by atoms with E-state index in [0.717, 1.165) is 24.3 Å². The van der Waals surface area contributed by atoms with E-state index < -0.39 is 0 Å². The third kappa shape index (κ3) is 2.68. The highest BCUT2D eigenvalue weighted by Gasteiger charge is 2.23. The lowest BCUT2D eigenvalue weighted by Crippen LogP contribution is -2.07. The van der Waals surface area contributed by atoms with Gasteiger partial charge in [-0.1, -0.05) is 34.1 Å². The van der Waals surface area contributed by atoms with Crippen LogP contribution in [0.15, 0.2) is 46.9 Å². The molecule has 1 N–H and O–H groups in total. The van der Waals surface area contributed by atoms with Crippen molar-refractivity contribution in [3.63, 3.8) is 0 Å². The molecule has 1 aliphatic rings. The van der Waals surface area contributed by atoms with Gasteiger partial charge in [0, 0.05) is 16.2 Å². The first-order valence-electron chi connectivity index (χ1n) is 7.04. The Hall–Kier alpha value is -1.48. The first kappa shape index (κ1) is 13.5. The molecule has 2 nitrogen and oxygen atoms in total. The Bertz CT molecular complexity index is 612. The van der Waals surface area contributed by atoms with Gasteiger partial charge in [-0.05, 0) is 49.1 Å². The van der Waals surface area contributed by atoms with Gasteiger partial charge in [0.15, 0.2) is 0 Å². The van der Waals surface area contributed by atoms with Gasteiger partial charge < -0.3 is 10.1 Å². The lowest BCUT2D eigenvalue weighted by molar-refractivity contribution is 0.340. The molecule has 0 radical (unpaired) electrons. The van der Waals surface area contributed by atoms with E-state index in [2.05, 4.69) is 51.6 Å². The number of halogens is 1. The highest BCUT2D eigenvalue weighted by molar-refractivity contribution is 9.10. The predicted octanol–water partition coefficient (Wildman–Crippen LogP) is 4.95. The van der Waals surface area contributed by atoms with Gasteiger partial charge in [0.1, 0.15) is 5.75 Å². The molecular formula is C17H18BrNO. The molecule has 0 heterocycles. The molecule has 0 aromatic heterocycles. The average molecular weight is 332 g/mol. The maximum Gasteiger partial charge on any atom is 0.121 e. The van der Waals surface area contributed by atoms with Gasteiger partial charge in [0.2, 0.25) is 0 Å². The van der Waals surface area contributed by atoms with E-state index in [0.29, 0.717) is 12.6 Å². The first-order valence-corrected chi connectivity index (χ1v) is 7.84. The van der Waals surface area contributed by atoms with Crippen LogP contribution >= 0.6 is 15.9 Å². The van der Waals surface area contributed by atoms with Crippen molar-refractivity contribution in [1.82, 2.24) is 0 Å². The summed E-state index contributed by atoms with van der Waals surface area (Å²) < 4.78 is 6.78. The van der Waals surface area contributed by atoms with Crippen LogP contribution in [-0.2, 0) is 6.42 Å². The second-order valence-corrected chi connectivity index (χ2v) is 5.86. The second-order valence-electron chi connectivity index (χ2n) is 5.00. The summed E-state index contributed by atoms with van der Waals surface area (Å²) in [6, 6.07) is 15.0. The third-order valence-corrected chi connectivity index (χ3v) is 4.44. The van der Waals surface area contributed by atoms with E-state index in [9.17, 15) is 0 Å². The molecule has 1 unspecified atom stereocenters. The lowest BCUT2D eigenvalue weighted by Gasteiger charge is -2.16. The van der Waals surface area contributed by atoms with Crippen LogP contribution in [0.25, 0.3) is 0 Å². The molecule has 1 atom stereocenters. The molecule has 1 aliphatic carbocycles. The molecule has 20 heavy (non-hydrogen) atoms. The topological polar surface area (TPSA) is 21.3 Å². The molecule has 0 amide bonds. The Labute approximate surface area is 128 Å². The predicted molar refractivity (Wildman–Crippen MR) is 86.4 cm³/mol. The lowest BCUT2D eigenvalue weighted by atomic mass is 10.1. The van der Waals surface area contributed by atoms with Crippen LogP contribution in [-0.4, -0.2) is 6.61 Å². The molecule has 0 aliphatic heterocycles. The molecule has 0 saturated heterocycles. The smallest absolute Gasteiger partial charge is 0.121 e. The highest BCUT2D eigenvalue weighted by Crippen LogP contribution is 2.37. The molecule has 2 aromatic rings. The highest BCUT2D eigenvalue weighted by atomic mass is 79.9. The van der Waals surface area contributed by atoms with Gasteiger partial charge in [0.25, 0.3) is 0 Å². The minimum Gasteiger partial charge on any atom is -0.494 e. The average Bonchev–Trinajstić information content (AvgIpc) is 2.84. The Morgan fingerprint density at radius 1 is 1.25 bits per heavy atom. The molecule has 0 saturated carbocycles. The molecule has 0 spiro atoms. The summed E-state index contributed by atoms with van der Waals surface area (Å²) in [6.45, 7) is 2.70. The van der Waals surface area contributed by atoms with E-state index in [4.69, 9.17) is 4.74 Å². The fourth-order valence-corrected chi connectivity index (χ4v) is 3.38. The Balaban J connectivity index is 1.80. The quantitative estimate of drug-likeness (QED) is 0.856. The van der Waals surface area contributed by atoms with Crippen molar-refractivity contribution < 1.29 is 4.74 Å². The number of benzene rings is 2. The van der Waals surface area contributed by atoms with Gasteiger partial charge in [-0.3, -0.25) is 0 Å². The monoisotopic (exact) mass is 331 g/mol. The van der Waals surface area contributed by atoms with Crippen LogP contribution in [0.5, 0.6) is 5.75 Å². The van der Waals surface area contributed by atoms with E-state index in [1.165, 1.54) is 15.6 Å². The summed E-state index contributed by atoms with van der Waals surface area (Å²) >= 11 is 3.64. The van der Waals surface area contributed by atoms with Crippen LogP contribution in [0.2, 0.25) is 0 Å². The summed E-state index contributed by atoms with van der Waals surface area (Å²) in [6.07, 6.45) is 2.26. The van der Waals surface area contributed by atoms with Crippen molar-refractivity contribution in [1.29, 1.82) is 0 Å². The maximum atomic E-state index is 5.55. The van der Waals surface area contributed by atoms with Crippen LogP contribution in [0, 0.1) is 0 Å². The number of nitrogens with one attached hydrogen (secondary N) is 1. The molecule has 104 valence electrons. The summed E-state index contributed by atoms with van der Waals surface area (Å²) in [4.78, 5) is 0. The molecule has 3 rings (SSSR count). The van der Waals surface area contributed by atoms with Crippen molar-refractivity contribution in [3.8, 4) is 5.75 Å². The standard InChI is InChI=1S/C17H18BrNO/c1-2-20-13-6-3-5-12(11-13)19-17-10-9-14-15(17)7-4-8-16(14)18/h3-8,11,17,19H,2,9-10H2,1H3. The largest absolute Gasteiger partial charge is 0.494 e. The molecule has 0 fully saturated rings. The number of fused-ring (bicyclic) bond motifs is 1. The van der Waals surface area contributed by atoms with Crippen LogP contribution in [0.1, 0.15) is 30.5 Å². The van der Waals surface area contributed by atoms with Gasteiger partial charge in [-0.25, -0.2) is 0 Å². The van der Waals surface area contributed by atoms with Crippen molar-refractivity contribution in [2.45, 2.75) is 25.8 Å². The Morgan fingerprint density at radius 2 is 2.10 bits per heavy atom. The molecule has 0 bridgehead atoms. The van der Waals surface area contributed by atoms with Gasteiger partial charge in [-0.15, -0.1) is 0 Å². The van der Waals surface area contributed by atoms with E-state index in [1.54, 1.807) is 0 Å². The zero-order chi connectivity index (χ0) is 13.9. The van der Waals surface area contributed by atoms with Crippen molar-refractivity contribution in [3.05, 3.63) is 58.1 Å². The number of rotatable bonds is 4. The SMILES string of the molecule is CCOc1cccc(NC2CCc3c(Br)cccc32)c1. The van der Waals surface area contributed by atoms with Crippen LogP contribution in [0.4, 0.5) is 5.69 Å². The normalized spacial score (nSPS) is 16.8. The van der Waals surface area contributed by atoms with Crippen molar-refractivity contribution in [2.24, 2.45) is 0 Å². The molecular weight excluding hydrogens is 314 g/mol. The fourth-order valence-electron chi connectivity index (χ4n) is 2.80. The first-order chi connectivity index (χ1) is 9.78. The minimum absolute atomic E-state index is 0.388. The zero-order valence-electron chi connectivity index (χ0n) is 11.5.